The summed E-state index contributed by atoms with van der Waals surface area (Å²) in [5.41, 5.74) is 0.336. The van der Waals surface area contributed by atoms with Crippen molar-refractivity contribution < 1.29 is 0 Å². The molecule has 12 heavy (non-hydrogen) atoms. The summed E-state index contributed by atoms with van der Waals surface area (Å²) in [6.07, 6.45) is 1.21. The van der Waals surface area contributed by atoms with E-state index in [9.17, 15) is 0 Å². The van der Waals surface area contributed by atoms with Crippen molar-refractivity contribution in [1.82, 2.24) is 4.90 Å². The second-order valence-corrected chi connectivity index (χ2v) is 4.76. The monoisotopic (exact) mass is 171 g/mol. The van der Waals surface area contributed by atoms with Crippen LogP contribution in [-0.4, -0.2) is 22.5 Å². The standard InChI is InChI=1S/C11H25N/c1-8-11(6,7)12(9(2)3)10(4)5/h9-10H,8H2,1-7H3. The van der Waals surface area contributed by atoms with Crippen molar-refractivity contribution in [1.29, 1.82) is 0 Å². The Bertz CT molecular complexity index is 117. The summed E-state index contributed by atoms with van der Waals surface area (Å²) in [5.74, 6) is 0. The highest BCUT2D eigenvalue weighted by atomic mass is 15.2. The van der Waals surface area contributed by atoms with E-state index in [0.717, 1.165) is 0 Å². The summed E-state index contributed by atoms with van der Waals surface area (Å²) in [6.45, 7) is 16.0. The normalized spacial score (nSPS) is 13.5. The molecule has 0 aliphatic heterocycles. The van der Waals surface area contributed by atoms with E-state index in [1.165, 1.54) is 6.42 Å². The molecule has 0 aromatic heterocycles. The van der Waals surface area contributed by atoms with Gasteiger partial charge in [-0.25, -0.2) is 0 Å². The lowest BCUT2D eigenvalue weighted by Gasteiger charge is -2.44. The average Bonchev–Trinajstić information content (AvgIpc) is 1.84. The second-order valence-electron chi connectivity index (χ2n) is 4.76. The van der Waals surface area contributed by atoms with Crippen LogP contribution in [0.3, 0.4) is 0 Å². The molecule has 74 valence electrons. The molecule has 0 saturated carbocycles. The number of hydrogen-bond donors (Lipinski definition) is 0. The maximum atomic E-state index is 2.58. The van der Waals surface area contributed by atoms with Crippen LogP contribution in [0.15, 0.2) is 0 Å². The Morgan fingerprint density at radius 1 is 1.00 bits per heavy atom. The Morgan fingerprint density at radius 2 is 1.33 bits per heavy atom. The van der Waals surface area contributed by atoms with Crippen molar-refractivity contribution in [3.63, 3.8) is 0 Å². The molecule has 0 bridgehead atoms. The zero-order chi connectivity index (χ0) is 9.94. The fourth-order valence-electron chi connectivity index (χ4n) is 2.18. The maximum absolute atomic E-state index is 2.58. The molecule has 0 atom stereocenters. The smallest absolute Gasteiger partial charge is 0.0156 e. The molecule has 0 aromatic carbocycles. The lowest BCUT2D eigenvalue weighted by atomic mass is 9.95. The SMILES string of the molecule is CCC(C)(C)N(C(C)C)C(C)C. The Balaban J connectivity index is 4.50. The minimum atomic E-state index is 0.336. The van der Waals surface area contributed by atoms with Crippen LogP contribution < -0.4 is 0 Å². The highest BCUT2D eigenvalue weighted by Gasteiger charge is 2.28. The van der Waals surface area contributed by atoms with Gasteiger partial charge in [-0.05, 0) is 48.0 Å². The van der Waals surface area contributed by atoms with Gasteiger partial charge in [0.2, 0.25) is 0 Å². The lowest BCUT2D eigenvalue weighted by molar-refractivity contribution is 0.0480. The minimum Gasteiger partial charge on any atom is -0.293 e. The first kappa shape index (κ1) is 12.0. The van der Waals surface area contributed by atoms with E-state index in [0.29, 0.717) is 17.6 Å². The lowest BCUT2D eigenvalue weighted by Crippen LogP contribution is -2.51. The fourth-order valence-corrected chi connectivity index (χ4v) is 2.18. The Kier molecular flexibility index (Phi) is 4.25. The summed E-state index contributed by atoms with van der Waals surface area (Å²) >= 11 is 0. The number of nitrogens with zero attached hydrogens (tertiary/aromatic N) is 1. The number of hydrogen-bond acceptors (Lipinski definition) is 1. The third kappa shape index (κ3) is 2.78. The van der Waals surface area contributed by atoms with Crippen LogP contribution in [0.1, 0.15) is 54.9 Å². The van der Waals surface area contributed by atoms with Gasteiger partial charge in [0.05, 0.1) is 0 Å². The van der Waals surface area contributed by atoms with E-state index < -0.39 is 0 Å². The van der Waals surface area contributed by atoms with E-state index >= 15 is 0 Å². The van der Waals surface area contributed by atoms with E-state index in [1.807, 2.05) is 0 Å². The molecule has 0 aromatic rings. The summed E-state index contributed by atoms with van der Waals surface area (Å²) in [7, 11) is 0. The van der Waals surface area contributed by atoms with Crippen molar-refractivity contribution in [3.8, 4) is 0 Å². The highest BCUT2D eigenvalue weighted by molar-refractivity contribution is 4.84. The van der Waals surface area contributed by atoms with Crippen molar-refractivity contribution in [3.05, 3.63) is 0 Å². The Morgan fingerprint density at radius 3 is 1.42 bits per heavy atom. The topological polar surface area (TPSA) is 3.24 Å². The highest BCUT2D eigenvalue weighted by Crippen LogP contribution is 2.23. The maximum Gasteiger partial charge on any atom is 0.0156 e. The van der Waals surface area contributed by atoms with Gasteiger partial charge in [-0.1, -0.05) is 6.92 Å². The molecule has 0 radical (unpaired) electrons. The van der Waals surface area contributed by atoms with Gasteiger partial charge < -0.3 is 0 Å². The van der Waals surface area contributed by atoms with Crippen molar-refractivity contribution in [2.24, 2.45) is 0 Å². The Hall–Kier alpha value is -0.0400. The van der Waals surface area contributed by atoms with E-state index in [1.54, 1.807) is 0 Å². The minimum absolute atomic E-state index is 0.336. The number of rotatable bonds is 4. The van der Waals surface area contributed by atoms with Gasteiger partial charge in [0, 0.05) is 17.6 Å². The van der Waals surface area contributed by atoms with E-state index in [2.05, 4.69) is 53.4 Å². The average molecular weight is 171 g/mol. The van der Waals surface area contributed by atoms with Crippen LogP contribution in [0, 0.1) is 0 Å². The van der Waals surface area contributed by atoms with Crippen molar-refractivity contribution in [2.45, 2.75) is 72.5 Å². The first-order valence-electron chi connectivity index (χ1n) is 5.11. The molecule has 0 unspecified atom stereocenters. The predicted octanol–water partition coefficient (Wildman–Crippen LogP) is 3.29. The summed E-state index contributed by atoms with van der Waals surface area (Å²) in [5, 5.41) is 0. The fraction of sp³-hybridized carbons (Fsp3) is 1.00. The molecule has 0 N–H and O–H groups in total. The van der Waals surface area contributed by atoms with Gasteiger partial charge in [0.25, 0.3) is 0 Å². The summed E-state index contributed by atoms with van der Waals surface area (Å²) < 4.78 is 0. The largest absolute Gasteiger partial charge is 0.293 e. The quantitative estimate of drug-likeness (QED) is 0.627. The van der Waals surface area contributed by atoms with Gasteiger partial charge in [-0.2, -0.15) is 0 Å². The molecule has 0 rings (SSSR count). The third-order valence-electron chi connectivity index (χ3n) is 2.68. The molecule has 0 aliphatic rings. The van der Waals surface area contributed by atoms with Gasteiger partial charge in [-0.3, -0.25) is 4.90 Å². The summed E-state index contributed by atoms with van der Waals surface area (Å²) in [4.78, 5) is 2.58. The van der Waals surface area contributed by atoms with Crippen LogP contribution >= 0.6 is 0 Å². The Labute approximate surface area is 78.1 Å². The van der Waals surface area contributed by atoms with Crippen molar-refractivity contribution >= 4 is 0 Å². The van der Waals surface area contributed by atoms with Crippen LogP contribution in [0.25, 0.3) is 0 Å². The zero-order valence-corrected chi connectivity index (χ0v) is 9.81. The van der Waals surface area contributed by atoms with E-state index in [4.69, 9.17) is 0 Å². The van der Waals surface area contributed by atoms with Crippen LogP contribution in [0.5, 0.6) is 0 Å². The molecule has 1 nitrogen and oxygen atoms in total. The third-order valence-corrected chi connectivity index (χ3v) is 2.68. The second kappa shape index (κ2) is 4.27. The molecular weight excluding hydrogens is 146 g/mol. The van der Waals surface area contributed by atoms with Crippen LogP contribution in [0.2, 0.25) is 0 Å². The predicted molar refractivity (Wildman–Crippen MR) is 56.5 cm³/mol. The van der Waals surface area contributed by atoms with Crippen LogP contribution in [-0.2, 0) is 0 Å². The van der Waals surface area contributed by atoms with Gasteiger partial charge in [0.15, 0.2) is 0 Å². The molecule has 1 heteroatoms. The first-order chi connectivity index (χ1) is 5.33. The van der Waals surface area contributed by atoms with Crippen LogP contribution in [0.4, 0.5) is 0 Å². The van der Waals surface area contributed by atoms with Gasteiger partial charge >= 0.3 is 0 Å². The first-order valence-corrected chi connectivity index (χ1v) is 5.11. The van der Waals surface area contributed by atoms with E-state index in [-0.39, 0.29) is 0 Å². The molecule has 0 saturated heterocycles. The molecular formula is C11H25N. The summed E-state index contributed by atoms with van der Waals surface area (Å²) in [6, 6.07) is 1.28. The molecule has 0 fully saturated rings. The molecule has 0 amide bonds. The van der Waals surface area contributed by atoms with Crippen molar-refractivity contribution in [2.75, 3.05) is 0 Å². The molecule has 0 spiro atoms. The molecule has 0 heterocycles. The molecule has 0 aliphatic carbocycles. The van der Waals surface area contributed by atoms with Gasteiger partial charge in [0.1, 0.15) is 0 Å². The zero-order valence-electron chi connectivity index (χ0n) is 9.81. The van der Waals surface area contributed by atoms with Gasteiger partial charge in [-0.15, -0.1) is 0 Å².